The molecule has 13 heteroatoms. The number of rotatable bonds is 8. The number of nitrogens with zero attached hydrogens (tertiary/aromatic N) is 5. The van der Waals surface area contributed by atoms with Crippen molar-refractivity contribution in [2.45, 2.75) is 45.0 Å². The van der Waals surface area contributed by atoms with Crippen LogP contribution in [0.3, 0.4) is 0 Å². The van der Waals surface area contributed by atoms with E-state index in [4.69, 9.17) is 4.74 Å². The smallest absolute Gasteiger partial charge is 0.405 e. The van der Waals surface area contributed by atoms with Crippen LogP contribution in [-0.2, 0) is 16.3 Å². The first-order chi connectivity index (χ1) is 22.0. The number of aromatic nitrogens is 4. The molecular weight excluding hydrogens is 604 g/mol. The number of hydrogen-bond acceptors (Lipinski definition) is 5. The Kier molecular flexibility index (Phi) is 8.41. The molecule has 2 aromatic carbocycles. The van der Waals surface area contributed by atoms with Crippen molar-refractivity contribution in [2.75, 3.05) is 19.6 Å². The molecular formula is C33H32F4N6O3. The van der Waals surface area contributed by atoms with Gasteiger partial charge in [-0.2, -0.15) is 13.2 Å². The van der Waals surface area contributed by atoms with Crippen molar-refractivity contribution >= 4 is 28.8 Å². The molecule has 6 rings (SSSR count). The summed E-state index contributed by atoms with van der Waals surface area (Å²) in [5, 5.41) is 1.96. The molecule has 4 heterocycles. The predicted molar refractivity (Wildman–Crippen MR) is 162 cm³/mol. The summed E-state index contributed by atoms with van der Waals surface area (Å²) in [5.41, 5.74) is 4.28. The van der Waals surface area contributed by atoms with Crippen molar-refractivity contribution in [1.29, 1.82) is 0 Å². The molecule has 5 aromatic rings. The second-order valence-electron chi connectivity index (χ2n) is 11.5. The van der Waals surface area contributed by atoms with E-state index in [0.717, 1.165) is 11.3 Å². The molecule has 2 amide bonds. The van der Waals surface area contributed by atoms with Crippen LogP contribution >= 0.6 is 0 Å². The van der Waals surface area contributed by atoms with Crippen LogP contribution in [0.2, 0.25) is 0 Å². The number of carbonyl (C=O) groups excluding carboxylic acids is 2. The lowest BCUT2D eigenvalue weighted by Gasteiger charge is -2.18. The fourth-order valence-electron chi connectivity index (χ4n) is 6.11. The summed E-state index contributed by atoms with van der Waals surface area (Å²) in [6, 6.07) is 14.9. The highest BCUT2D eigenvalue weighted by atomic mass is 19.4. The zero-order valence-corrected chi connectivity index (χ0v) is 25.2. The number of alkyl halides is 3. The average molecular weight is 637 g/mol. The lowest BCUT2D eigenvalue weighted by atomic mass is 9.91. The van der Waals surface area contributed by atoms with Crippen LogP contribution in [0.5, 0.6) is 0 Å². The maximum atomic E-state index is 14.9. The van der Waals surface area contributed by atoms with Crippen LogP contribution < -0.4 is 5.32 Å². The SMILES string of the molecule is CC[C@@H]1CN(C(=O)NCC(F)(F)F)C[C@@H]1c1cnc2cnc3c(ccn3COC(=O)C(C)c3ccc(-c4ccccc4)c(F)c3)n12. The monoisotopic (exact) mass is 636 g/mol. The van der Waals surface area contributed by atoms with Gasteiger partial charge in [0.15, 0.2) is 18.0 Å². The van der Waals surface area contributed by atoms with Gasteiger partial charge in [-0.3, -0.25) is 13.8 Å². The van der Waals surface area contributed by atoms with Crippen LogP contribution in [-0.4, -0.2) is 61.6 Å². The molecule has 1 saturated heterocycles. The molecule has 240 valence electrons. The molecule has 1 N–H and O–H groups in total. The number of nitrogens with one attached hydrogen (secondary N) is 1. The highest BCUT2D eigenvalue weighted by Gasteiger charge is 2.38. The Balaban J connectivity index is 1.18. The van der Waals surface area contributed by atoms with Gasteiger partial charge in [-0.05, 0) is 36.1 Å². The second kappa shape index (κ2) is 12.5. The fraction of sp³-hybridized carbons (Fsp3) is 0.333. The van der Waals surface area contributed by atoms with Crippen molar-refractivity contribution in [2.24, 2.45) is 5.92 Å². The van der Waals surface area contributed by atoms with E-state index in [1.165, 1.54) is 11.0 Å². The van der Waals surface area contributed by atoms with E-state index in [-0.39, 0.29) is 25.1 Å². The largest absolute Gasteiger partial charge is 0.443 e. The van der Waals surface area contributed by atoms with E-state index in [2.05, 4.69) is 9.97 Å². The number of fused-ring (bicyclic) bond motifs is 3. The number of ether oxygens (including phenoxy) is 1. The molecule has 0 spiro atoms. The molecule has 3 aromatic heterocycles. The Morgan fingerprint density at radius 1 is 1.07 bits per heavy atom. The van der Waals surface area contributed by atoms with Gasteiger partial charge in [0.05, 0.1) is 17.6 Å². The average Bonchev–Trinajstić information content (AvgIpc) is 3.78. The van der Waals surface area contributed by atoms with Gasteiger partial charge in [0.2, 0.25) is 0 Å². The summed E-state index contributed by atoms with van der Waals surface area (Å²) in [5.74, 6) is -1.83. The zero-order chi connectivity index (χ0) is 32.6. The number of amides is 2. The van der Waals surface area contributed by atoms with Crippen molar-refractivity contribution in [3.05, 3.63) is 90.3 Å². The Bertz CT molecular complexity index is 1890. The van der Waals surface area contributed by atoms with E-state index >= 15 is 0 Å². The second-order valence-corrected chi connectivity index (χ2v) is 11.5. The molecule has 0 saturated carbocycles. The van der Waals surface area contributed by atoms with Gasteiger partial charge in [0.1, 0.15) is 12.4 Å². The summed E-state index contributed by atoms with van der Waals surface area (Å²) in [6.45, 7) is 2.68. The number of urea groups is 1. The Morgan fingerprint density at radius 2 is 1.85 bits per heavy atom. The maximum Gasteiger partial charge on any atom is 0.405 e. The number of halogens is 4. The summed E-state index contributed by atoms with van der Waals surface area (Å²) in [7, 11) is 0. The molecule has 3 atom stereocenters. The minimum Gasteiger partial charge on any atom is -0.443 e. The van der Waals surface area contributed by atoms with Gasteiger partial charge in [0, 0.05) is 42.7 Å². The molecule has 1 unspecified atom stereocenters. The van der Waals surface area contributed by atoms with E-state index < -0.39 is 36.5 Å². The first-order valence-corrected chi connectivity index (χ1v) is 15.0. The summed E-state index contributed by atoms with van der Waals surface area (Å²) in [6.07, 6.45) is 1.25. The van der Waals surface area contributed by atoms with Crippen molar-refractivity contribution in [1.82, 2.24) is 29.2 Å². The minimum atomic E-state index is -4.50. The van der Waals surface area contributed by atoms with Gasteiger partial charge in [-0.1, -0.05) is 55.8 Å². The molecule has 9 nitrogen and oxygen atoms in total. The fourth-order valence-corrected chi connectivity index (χ4v) is 6.11. The van der Waals surface area contributed by atoms with Crippen molar-refractivity contribution in [3.8, 4) is 11.1 Å². The lowest BCUT2D eigenvalue weighted by molar-refractivity contribution is -0.148. The van der Waals surface area contributed by atoms with Gasteiger partial charge in [-0.15, -0.1) is 0 Å². The topological polar surface area (TPSA) is 93.8 Å². The van der Waals surface area contributed by atoms with Crippen LogP contribution in [0, 0.1) is 11.7 Å². The summed E-state index contributed by atoms with van der Waals surface area (Å²) >= 11 is 0. The summed E-state index contributed by atoms with van der Waals surface area (Å²) < 4.78 is 62.2. The third-order valence-electron chi connectivity index (χ3n) is 8.62. The van der Waals surface area contributed by atoms with Crippen molar-refractivity contribution < 1.29 is 31.9 Å². The Labute approximate surface area is 261 Å². The third kappa shape index (κ3) is 6.13. The van der Waals surface area contributed by atoms with E-state index in [1.54, 1.807) is 42.2 Å². The standard InChI is InChI=1S/C33H32F4N6O3/c1-3-21-16-42(32(45)40-18-33(35,36)37)17-25(21)28-14-38-29-15-39-30-27(43(28)29)11-12-41(30)19-46-31(44)20(2)23-9-10-24(26(34)13-23)22-7-5-4-6-8-22/h4-15,20-21,25H,3,16-19H2,1-2H3,(H,40,45)/t20?,21-,25+/m1/s1. The molecule has 0 bridgehead atoms. The first-order valence-electron chi connectivity index (χ1n) is 15.0. The molecule has 1 aliphatic heterocycles. The number of likely N-dealkylation sites (tertiary alicyclic amines) is 1. The molecule has 1 fully saturated rings. The molecule has 1 aliphatic rings. The van der Waals surface area contributed by atoms with Crippen molar-refractivity contribution in [3.63, 3.8) is 0 Å². The lowest BCUT2D eigenvalue weighted by Crippen LogP contribution is -2.42. The van der Waals surface area contributed by atoms with Crippen LogP contribution in [0.1, 0.15) is 43.4 Å². The minimum absolute atomic E-state index is 0.0101. The Morgan fingerprint density at radius 3 is 2.57 bits per heavy atom. The van der Waals surface area contributed by atoms with Crippen LogP contribution in [0.25, 0.3) is 27.9 Å². The maximum absolute atomic E-state index is 14.9. The number of benzene rings is 2. The highest BCUT2D eigenvalue weighted by Crippen LogP contribution is 2.36. The van der Waals surface area contributed by atoms with E-state index in [0.29, 0.717) is 40.9 Å². The van der Waals surface area contributed by atoms with E-state index in [9.17, 15) is 27.2 Å². The molecule has 46 heavy (non-hydrogen) atoms. The predicted octanol–water partition coefficient (Wildman–Crippen LogP) is 6.49. The number of carbonyl (C=O) groups is 2. The van der Waals surface area contributed by atoms with Crippen LogP contribution in [0.15, 0.2) is 73.2 Å². The molecule has 0 radical (unpaired) electrons. The van der Waals surface area contributed by atoms with Gasteiger partial charge in [0.25, 0.3) is 0 Å². The van der Waals surface area contributed by atoms with Gasteiger partial charge >= 0.3 is 18.2 Å². The number of imidazole rings is 1. The van der Waals surface area contributed by atoms with Gasteiger partial charge < -0.3 is 15.0 Å². The quantitative estimate of drug-likeness (QED) is 0.155. The normalized spacial score (nSPS) is 17.5. The highest BCUT2D eigenvalue weighted by molar-refractivity contribution is 5.79. The van der Waals surface area contributed by atoms with Crippen LogP contribution in [0.4, 0.5) is 22.4 Å². The Hall–Kier alpha value is -4.94. The summed E-state index contributed by atoms with van der Waals surface area (Å²) in [4.78, 5) is 36.0. The third-order valence-corrected chi connectivity index (χ3v) is 8.62. The molecule has 0 aliphatic carbocycles. The first kappa shape index (κ1) is 31.1. The number of hydrogen-bond donors (Lipinski definition) is 1. The zero-order valence-electron chi connectivity index (χ0n) is 25.2. The van der Waals surface area contributed by atoms with Gasteiger partial charge in [-0.25, -0.2) is 19.2 Å². The van der Waals surface area contributed by atoms with E-state index in [1.807, 2.05) is 53.0 Å². The number of esters is 1.